The minimum absolute atomic E-state index is 0.410. The Hall–Kier alpha value is -0.460. The molecule has 72 valence electrons. The SMILES string of the molecule is C=C(CC)N(C)CC(C)(C)CC. The number of allylic oxidation sites excluding steroid dienone is 1. The van der Waals surface area contributed by atoms with Crippen LogP contribution in [0, 0.1) is 5.41 Å². The van der Waals surface area contributed by atoms with Crippen LogP contribution in [0.1, 0.15) is 40.5 Å². The fraction of sp³-hybridized carbons (Fsp3) is 0.818. The summed E-state index contributed by atoms with van der Waals surface area (Å²) < 4.78 is 0. The lowest BCUT2D eigenvalue weighted by molar-refractivity contribution is 0.236. The molecule has 0 radical (unpaired) electrons. The highest BCUT2D eigenvalue weighted by atomic mass is 15.1. The summed E-state index contributed by atoms with van der Waals surface area (Å²) in [5, 5.41) is 0. The quantitative estimate of drug-likeness (QED) is 0.610. The average molecular weight is 169 g/mol. The van der Waals surface area contributed by atoms with Gasteiger partial charge >= 0.3 is 0 Å². The van der Waals surface area contributed by atoms with Gasteiger partial charge in [0, 0.05) is 19.3 Å². The first-order valence-corrected chi connectivity index (χ1v) is 4.82. The molecule has 0 aromatic heterocycles. The molecule has 0 saturated heterocycles. The minimum Gasteiger partial charge on any atom is -0.378 e. The van der Waals surface area contributed by atoms with Gasteiger partial charge in [-0.3, -0.25) is 0 Å². The van der Waals surface area contributed by atoms with Crippen molar-refractivity contribution in [2.75, 3.05) is 13.6 Å². The molecule has 0 aliphatic rings. The van der Waals surface area contributed by atoms with Crippen molar-refractivity contribution >= 4 is 0 Å². The Bertz CT molecular complexity index is 147. The third-order valence-corrected chi connectivity index (χ3v) is 2.57. The van der Waals surface area contributed by atoms with Gasteiger partial charge in [0.15, 0.2) is 0 Å². The van der Waals surface area contributed by atoms with Crippen LogP contribution < -0.4 is 0 Å². The molecule has 0 saturated carbocycles. The van der Waals surface area contributed by atoms with Crippen LogP contribution in [0.25, 0.3) is 0 Å². The Labute approximate surface area is 77.5 Å². The van der Waals surface area contributed by atoms with Crippen LogP contribution in [0.15, 0.2) is 12.3 Å². The summed E-state index contributed by atoms with van der Waals surface area (Å²) >= 11 is 0. The molecule has 0 rings (SSSR count). The lowest BCUT2D eigenvalue weighted by Gasteiger charge is -2.31. The first-order valence-electron chi connectivity index (χ1n) is 4.82. The normalized spacial score (nSPS) is 11.4. The summed E-state index contributed by atoms with van der Waals surface area (Å²) in [7, 11) is 2.13. The number of hydrogen-bond donors (Lipinski definition) is 0. The molecule has 12 heavy (non-hydrogen) atoms. The van der Waals surface area contributed by atoms with Crippen LogP contribution in [0.4, 0.5) is 0 Å². The molecule has 0 aliphatic carbocycles. The molecule has 0 heterocycles. The van der Waals surface area contributed by atoms with Gasteiger partial charge in [0.2, 0.25) is 0 Å². The van der Waals surface area contributed by atoms with E-state index in [4.69, 9.17) is 0 Å². The second-order valence-corrected chi connectivity index (χ2v) is 4.29. The predicted octanol–water partition coefficient (Wildman–Crippen LogP) is 3.28. The molecule has 0 fully saturated rings. The van der Waals surface area contributed by atoms with Crippen molar-refractivity contribution in [3.63, 3.8) is 0 Å². The highest BCUT2D eigenvalue weighted by Gasteiger charge is 2.17. The Balaban J connectivity index is 3.99. The molecule has 0 unspecified atom stereocenters. The Morgan fingerprint density at radius 3 is 2.17 bits per heavy atom. The zero-order valence-electron chi connectivity index (χ0n) is 9.28. The van der Waals surface area contributed by atoms with Crippen molar-refractivity contribution in [3.8, 4) is 0 Å². The second-order valence-electron chi connectivity index (χ2n) is 4.29. The molecule has 0 amide bonds. The molecular formula is C11H23N. The monoisotopic (exact) mass is 169 g/mol. The summed E-state index contributed by atoms with van der Waals surface area (Å²) in [5.41, 5.74) is 1.64. The third-order valence-electron chi connectivity index (χ3n) is 2.57. The first kappa shape index (κ1) is 11.5. The van der Waals surface area contributed by atoms with Crippen LogP contribution in [0.3, 0.4) is 0 Å². The standard InChI is InChI=1S/C11H23N/c1-7-10(3)12(6)9-11(4,5)8-2/h3,7-9H2,1-2,4-6H3. The first-order chi connectivity index (χ1) is 5.43. The van der Waals surface area contributed by atoms with Crippen LogP contribution in [-0.4, -0.2) is 18.5 Å². The van der Waals surface area contributed by atoms with Crippen molar-refractivity contribution in [2.45, 2.75) is 40.5 Å². The van der Waals surface area contributed by atoms with Crippen LogP contribution >= 0.6 is 0 Å². The van der Waals surface area contributed by atoms with Gasteiger partial charge in [0.1, 0.15) is 0 Å². The van der Waals surface area contributed by atoms with E-state index < -0.39 is 0 Å². The molecule has 1 heteroatoms. The minimum atomic E-state index is 0.410. The maximum atomic E-state index is 4.02. The van der Waals surface area contributed by atoms with Crippen LogP contribution in [0.2, 0.25) is 0 Å². The van der Waals surface area contributed by atoms with E-state index in [9.17, 15) is 0 Å². The number of hydrogen-bond acceptors (Lipinski definition) is 1. The average Bonchev–Trinajstić information content (AvgIpc) is 2.02. The van der Waals surface area contributed by atoms with E-state index in [1.165, 1.54) is 12.1 Å². The second kappa shape index (κ2) is 4.54. The zero-order valence-corrected chi connectivity index (χ0v) is 9.28. The molecule has 0 spiro atoms. The van der Waals surface area contributed by atoms with E-state index in [0.717, 1.165) is 13.0 Å². The van der Waals surface area contributed by atoms with E-state index in [1.54, 1.807) is 0 Å². The fourth-order valence-electron chi connectivity index (χ4n) is 1.14. The summed E-state index contributed by atoms with van der Waals surface area (Å²) in [6.45, 7) is 14.1. The van der Waals surface area contributed by atoms with Crippen molar-refractivity contribution in [1.29, 1.82) is 0 Å². The maximum absolute atomic E-state index is 4.02. The van der Waals surface area contributed by atoms with Gasteiger partial charge in [-0.05, 0) is 18.3 Å². The lowest BCUT2D eigenvalue weighted by Crippen LogP contribution is -2.29. The number of nitrogens with zero attached hydrogens (tertiary/aromatic N) is 1. The smallest absolute Gasteiger partial charge is 0.0222 e. The molecule has 0 N–H and O–H groups in total. The van der Waals surface area contributed by atoms with E-state index in [1.807, 2.05) is 0 Å². The van der Waals surface area contributed by atoms with Crippen molar-refractivity contribution < 1.29 is 0 Å². The van der Waals surface area contributed by atoms with Gasteiger partial charge in [0.25, 0.3) is 0 Å². The van der Waals surface area contributed by atoms with Gasteiger partial charge in [-0.15, -0.1) is 0 Å². The summed E-state index contributed by atoms with van der Waals surface area (Å²) in [5.74, 6) is 0. The van der Waals surface area contributed by atoms with Gasteiger partial charge in [-0.1, -0.05) is 34.3 Å². The van der Waals surface area contributed by atoms with E-state index in [-0.39, 0.29) is 0 Å². The summed E-state index contributed by atoms with van der Waals surface area (Å²) in [6, 6.07) is 0. The molecule has 0 aromatic carbocycles. The van der Waals surface area contributed by atoms with Gasteiger partial charge in [0.05, 0.1) is 0 Å². The van der Waals surface area contributed by atoms with Crippen LogP contribution in [0.5, 0.6) is 0 Å². The molecule has 0 atom stereocenters. The van der Waals surface area contributed by atoms with Crippen LogP contribution in [-0.2, 0) is 0 Å². The third kappa shape index (κ3) is 3.80. The summed E-state index contributed by atoms with van der Waals surface area (Å²) in [6.07, 6.45) is 2.27. The maximum Gasteiger partial charge on any atom is 0.0222 e. The Kier molecular flexibility index (Phi) is 4.36. The van der Waals surface area contributed by atoms with Gasteiger partial charge in [-0.2, -0.15) is 0 Å². The number of rotatable bonds is 5. The molecule has 0 aromatic rings. The van der Waals surface area contributed by atoms with Crippen molar-refractivity contribution in [2.24, 2.45) is 5.41 Å². The van der Waals surface area contributed by atoms with Gasteiger partial charge in [-0.25, -0.2) is 0 Å². The van der Waals surface area contributed by atoms with Gasteiger partial charge < -0.3 is 4.90 Å². The molecule has 0 aliphatic heterocycles. The fourth-order valence-corrected chi connectivity index (χ4v) is 1.14. The predicted molar refractivity (Wildman–Crippen MR) is 56.1 cm³/mol. The van der Waals surface area contributed by atoms with Crippen molar-refractivity contribution in [3.05, 3.63) is 12.3 Å². The van der Waals surface area contributed by atoms with Crippen molar-refractivity contribution in [1.82, 2.24) is 4.90 Å². The van der Waals surface area contributed by atoms with E-state index in [2.05, 4.69) is 46.2 Å². The lowest BCUT2D eigenvalue weighted by atomic mass is 9.89. The van der Waals surface area contributed by atoms with E-state index >= 15 is 0 Å². The highest BCUT2D eigenvalue weighted by Crippen LogP contribution is 2.22. The van der Waals surface area contributed by atoms with E-state index in [0.29, 0.717) is 5.41 Å². The zero-order chi connectivity index (χ0) is 9.78. The molecule has 1 nitrogen and oxygen atoms in total. The molecular weight excluding hydrogens is 146 g/mol. The summed E-state index contributed by atoms with van der Waals surface area (Å²) in [4.78, 5) is 2.27. The Morgan fingerprint density at radius 1 is 1.33 bits per heavy atom. The largest absolute Gasteiger partial charge is 0.378 e. The topological polar surface area (TPSA) is 3.24 Å². The highest BCUT2D eigenvalue weighted by molar-refractivity contribution is 4.92. The Morgan fingerprint density at radius 2 is 1.83 bits per heavy atom. The molecule has 0 bridgehead atoms.